The molecule has 0 aliphatic carbocycles. The Labute approximate surface area is 140 Å². The third-order valence-corrected chi connectivity index (χ3v) is 0.637. The number of carbonyl (C=O) groups excluding carboxylic acids is 2. The van der Waals surface area contributed by atoms with E-state index in [4.69, 9.17) is 0 Å². The fourth-order valence-electron chi connectivity index (χ4n) is 0.280. The summed E-state index contributed by atoms with van der Waals surface area (Å²) in [5.74, 6) is -0.556. The summed E-state index contributed by atoms with van der Waals surface area (Å²) in [7, 11) is 1.69. The smallest absolute Gasteiger partial charge is 0.805 e. The summed E-state index contributed by atoms with van der Waals surface area (Å²) in [6, 6.07) is 0. The standard InChI is InChI=1S/C5H7N2O2.Rb.Y/c1-6-3-2-5(9)7-4-8;;/h2,6H,3H2,1H3;;/q-3;+1;. The number of carbonyl (C=O) groups is 1. The minimum absolute atomic E-state index is 0. The molecule has 6 heteroatoms. The molecule has 0 spiro atoms. The normalized spacial score (nSPS) is 6.64. The van der Waals surface area contributed by atoms with Gasteiger partial charge in [-0.25, -0.2) is 0 Å². The van der Waals surface area contributed by atoms with Crippen LogP contribution >= 0.6 is 0 Å². The molecule has 0 aromatic rings. The van der Waals surface area contributed by atoms with Crippen LogP contribution < -0.4 is 63.5 Å². The largest absolute Gasteiger partial charge is 1.00 e. The van der Waals surface area contributed by atoms with Crippen LogP contribution in [0.4, 0.5) is 0 Å². The number of rotatable bonds is 4. The maximum atomic E-state index is 10.3. The number of hydrogen-bond acceptors (Lipinski definition) is 3. The van der Waals surface area contributed by atoms with Crippen molar-refractivity contribution in [2.45, 2.75) is 0 Å². The van der Waals surface area contributed by atoms with Crippen LogP contribution in [0.25, 0.3) is 5.32 Å². The summed E-state index contributed by atoms with van der Waals surface area (Å²) in [6.45, 7) is 0.421. The third kappa shape index (κ3) is 14.7. The van der Waals surface area contributed by atoms with E-state index in [0.29, 0.717) is 6.54 Å². The molecule has 11 heavy (non-hydrogen) atoms. The van der Waals surface area contributed by atoms with E-state index in [0.717, 1.165) is 6.41 Å². The Morgan fingerprint density at radius 3 is 2.64 bits per heavy atom. The number of amides is 2. The van der Waals surface area contributed by atoms with Gasteiger partial charge in [0.05, 0.1) is 0 Å². The number of nitrogens with one attached hydrogen (secondary N) is 1. The number of imide groups is 1. The van der Waals surface area contributed by atoms with Crippen molar-refractivity contribution in [3.63, 3.8) is 0 Å². The molecule has 0 heterocycles. The maximum Gasteiger partial charge on any atom is 1.00 e. The first-order valence-electron chi connectivity index (χ1n) is 2.41. The van der Waals surface area contributed by atoms with Crippen molar-refractivity contribution < 1.29 is 100 Å². The minimum Gasteiger partial charge on any atom is -0.805 e. The van der Waals surface area contributed by atoms with Gasteiger partial charge in [-0.2, -0.15) is 6.41 Å². The van der Waals surface area contributed by atoms with Crippen LogP contribution in [0.5, 0.6) is 0 Å². The fourth-order valence-corrected chi connectivity index (χ4v) is 0.280. The van der Waals surface area contributed by atoms with Crippen molar-refractivity contribution in [3.05, 3.63) is 11.7 Å². The topological polar surface area (TPSA) is 60.3 Å². The predicted molar refractivity (Wildman–Crippen MR) is 32.3 cm³/mol. The Hall–Kier alpha value is 1.88. The zero-order valence-electron chi connectivity index (χ0n) is 6.63. The van der Waals surface area contributed by atoms with Crippen molar-refractivity contribution in [3.8, 4) is 0 Å². The molecule has 2 amide bonds. The van der Waals surface area contributed by atoms with Crippen LogP contribution in [0.15, 0.2) is 0 Å². The number of hydrogen-bond donors (Lipinski definition) is 1. The van der Waals surface area contributed by atoms with Crippen LogP contribution in [-0.2, 0) is 42.3 Å². The van der Waals surface area contributed by atoms with E-state index >= 15 is 0 Å². The molecule has 0 fully saturated rings. The average Bonchev–Trinajstić information content (AvgIpc) is 1.85. The van der Waals surface area contributed by atoms with Crippen LogP contribution in [0.1, 0.15) is 0 Å². The van der Waals surface area contributed by atoms with Gasteiger partial charge in [0.1, 0.15) is 0 Å². The summed E-state index contributed by atoms with van der Waals surface area (Å²) in [6.07, 6.45) is 2.40. The van der Waals surface area contributed by atoms with E-state index in [1.165, 1.54) is 6.42 Å². The predicted octanol–water partition coefficient (Wildman–Crippen LogP) is -3.62. The van der Waals surface area contributed by atoms with Gasteiger partial charge in [0.15, 0.2) is 0 Å². The van der Waals surface area contributed by atoms with Gasteiger partial charge in [0.2, 0.25) is 0 Å². The van der Waals surface area contributed by atoms with Gasteiger partial charge in [-0.15, -0.1) is 6.54 Å². The molecule has 0 saturated heterocycles. The van der Waals surface area contributed by atoms with Gasteiger partial charge >= 0.3 is 58.2 Å². The van der Waals surface area contributed by atoms with Gasteiger partial charge in [-0.3, -0.25) is 5.91 Å². The first-order chi connectivity index (χ1) is 4.31. The van der Waals surface area contributed by atoms with Crippen molar-refractivity contribution >= 4 is 12.3 Å². The molecule has 0 atom stereocenters. The first kappa shape index (κ1) is 18.6. The van der Waals surface area contributed by atoms with Crippen LogP contribution in [0.3, 0.4) is 0 Å². The molecule has 1 N–H and O–H groups in total. The summed E-state index contributed by atoms with van der Waals surface area (Å²) in [4.78, 5) is 19.7. The van der Waals surface area contributed by atoms with Crippen molar-refractivity contribution in [2.24, 2.45) is 0 Å². The van der Waals surface area contributed by atoms with E-state index < -0.39 is 5.91 Å². The van der Waals surface area contributed by atoms with Gasteiger partial charge in [0.25, 0.3) is 0 Å². The summed E-state index contributed by atoms with van der Waals surface area (Å²) in [5, 5.41) is 5.51. The van der Waals surface area contributed by atoms with Crippen molar-refractivity contribution in [1.29, 1.82) is 0 Å². The van der Waals surface area contributed by atoms with E-state index in [2.05, 4.69) is 10.6 Å². The van der Waals surface area contributed by atoms with Gasteiger partial charge in [-0.05, 0) is 7.05 Å². The zero-order valence-corrected chi connectivity index (χ0v) is 14.4. The molecular weight excluding hydrogens is 294 g/mol. The second-order valence-electron chi connectivity index (χ2n) is 1.30. The molecule has 0 aliphatic heterocycles. The zero-order chi connectivity index (χ0) is 7.11. The van der Waals surface area contributed by atoms with Gasteiger partial charge < -0.3 is 26.6 Å². The summed E-state index contributed by atoms with van der Waals surface area (Å²) in [5.41, 5.74) is 0. The Morgan fingerprint density at radius 2 is 2.27 bits per heavy atom. The van der Waals surface area contributed by atoms with Crippen LogP contribution in [0, 0.1) is 6.42 Å². The van der Waals surface area contributed by atoms with E-state index in [9.17, 15) is 9.59 Å². The monoisotopic (exact) mass is 301 g/mol. The Balaban J connectivity index is -0.000000320. The second-order valence-corrected chi connectivity index (χ2v) is 1.30. The Kier molecular flexibility index (Phi) is 24.4. The third-order valence-electron chi connectivity index (χ3n) is 0.637. The molecule has 0 rings (SSSR count). The van der Waals surface area contributed by atoms with E-state index in [-0.39, 0.29) is 90.9 Å². The molecule has 0 aliphatic rings. The molecule has 4 nitrogen and oxygen atoms in total. The van der Waals surface area contributed by atoms with Crippen molar-refractivity contribution in [2.75, 3.05) is 13.6 Å². The molecule has 0 bridgehead atoms. The SMILES string of the molecule is CNC[CH-]C(=O)[N-][C-]=O.[Rb+].[Y]. The quantitative estimate of drug-likeness (QED) is 0.546. The Morgan fingerprint density at radius 1 is 1.73 bits per heavy atom. The molecule has 0 unspecified atom stereocenters. The van der Waals surface area contributed by atoms with Crippen LogP contribution in [0.2, 0.25) is 0 Å². The molecule has 0 aromatic heterocycles. The molecular formula is C5H7N2O2RbY-2. The Bertz CT molecular complexity index is 113. The molecule has 0 aromatic carbocycles. The fraction of sp³-hybridized carbons (Fsp3) is 0.400. The number of nitrogens with zero attached hydrogens (tertiary/aromatic N) is 1. The van der Waals surface area contributed by atoms with Crippen LogP contribution in [-0.4, -0.2) is 25.9 Å². The molecule has 0 saturated carbocycles. The second kappa shape index (κ2) is 14.4. The van der Waals surface area contributed by atoms with Crippen molar-refractivity contribution in [1.82, 2.24) is 5.32 Å². The maximum absolute atomic E-state index is 10.3. The summed E-state index contributed by atoms with van der Waals surface area (Å²) < 4.78 is 0. The van der Waals surface area contributed by atoms with E-state index in [1.807, 2.05) is 0 Å². The van der Waals surface area contributed by atoms with Gasteiger partial charge in [0, 0.05) is 32.7 Å². The van der Waals surface area contributed by atoms with E-state index in [1.54, 1.807) is 7.05 Å². The minimum atomic E-state index is -0.556. The van der Waals surface area contributed by atoms with Gasteiger partial charge in [-0.1, -0.05) is 0 Å². The summed E-state index contributed by atoms with van der Waals surface area (Å²) >= 11 is 0. The molecule has 1 radical (unpaired) electrons. The first-order valence-corrected chi connectivity index (χ1v) is 2.41. The molecule has 55 valence electrons. The average molecular weight is 301 g/mol.